The molecule has 0 spiro atoms. The zero-order valence-corrected chi connectivity index (χ0v) is 16.0. The Labute approximate surface area is 167 Å². The number of anilines is 1. The van der Waals surface area contributed by atoms with Gasteiger partial charge in [0.15, 0.2) is 11.6 Å². The number of fused-ring (bicyclic) bond motifs is 1. The Balaban J connectivity index is 1.53. The molecular weight excluding hydrogens is 375 g/mol. The number of aryl methyl sites for hydroxylation is 2. The summed E-state index contributed by atoms with van der Waals surface area (Å²) in [5.41, 5.74) is 3.24. The van der Waals surface area contributed by atoms with Crippen LogP contribution in [0.1, 0.15) is 17.0 Å². The summed E-state index contributed by atoms with van der Waals surface area (Å²) in [6.07, 6.45) is 3.48. The highest BCUT2D eigenvalue weighted by atomic mass is 19.1. The summed E-state index contributed by atoms with van der Waals surface area (Å²) in [7, 11) is 1.34. The first kappa shape index (κ1) is 18.9. The number of ether oxygens (including phenoxy) is 1. The van der Waals surface area contributed by atoms with Crippen molar-refractivity contribution >= 4 is 11.4 Å². The van der Waals surface area contributed by atoms with E-state index >= 15 is 0 Å². The van der Waals surface area contributed by atoms with Gasteiger partial charge >= 0.3 is 5.69 Å². The minimum absolute atomic E-state index is 0.0468. The summed E-state index contributed by atoms with van der Waals surface area (Å²) in [6, 6.07) is 12.6. The number of nitrogens with zero attached hydrogens (tertiary/aromatic N) is 4. The average molecular weight is 396 g/mol. The molecule has 8 heteroatoms. The Hall–Kier alpha value is -3.42. The highest BCUT2D eigenvalue weighted by molar-refractivity contribution is 5.61. The molecule has 0 aliphatic carbocycles. The lowest BCUT2D eigenvalue weighted by molar-refractivity contribution is -0.385. The lowest BCUT2D eigenvalue weighted by Gasteiger charge is -2.29. The van der Waals surface area contributed by atoms with Gasteiger partial charge < -0.3 is 14.2 Å². The van der Waals surface area contributed by atoms with Crippen molar-refractivity contribution < 1.29 is 14.1 Å². The topological polar surface area (TPSA) is 73.4 Å². The SMILES string of the molecule is COc1cc(N2CCc3c(ncn3CCc3ccccc3)C2)c(F)cc1[N+](=O)[O-]. The number of aromatic nitrogens is 2. The number of methoxy groups -OCH3 is 1. The summed E-state index contributed by atoms with van der Waals surface area (Å²) in [6.45, 7) is 1.89. The maximum atomic E-state index is 14.6. The number of nitro groups is 1. The van der Waals surface area contributed by atoms with Crippen molar-refractivity contribution in [3.05, 3.63) is 81.7 Å². The van der Waals surface area contributed by atoms with Crippen molar-refractivity contribution in [3.63, 3.8) is 0 Å². The number of nitro benzene ring substituents is 1. The van der Waals surface area contributed by atoms with E-state index in [2.05, 4.69) is 21.7 Å². The normalized spacial score (nSPS) is 13.2. The number of rotatable bonds is 6. The van der Waals surface area contributed by atoms with Gasteiger partial charge in [-0.05, 0) is 12.0 Å². The number of imidazole rings is 1. The van der Waals surface area contributed by atoms with E-state index in [0.29, 0.717) is 13.1 Å². The first-order chi connectivity index (χ1) is 14.1. The molecule has 2 heterocycles. The molecule has 0 atom stereocenters. The van der Waals surface area contributed by atoms with Crippen LogP contribution in [0.5, 0.6) is 5.75 Å². The van der Waals surface area contributed by atoms with E-state index in [9.17, 15) is 14.5 Å². The first-order valence-corrected chi connectivity index (χ1v) is 9.40. The van der Waals surface area contributed by atoms with E-state index < -0.39 is 10.7 Å². The van der Waals surface area contributed by atoms with E-state index in [1.165, 1.54) is 18.7 Å². The van der Waals surface area contributed by atoms with Crippen molar-refractivity contribution in [3.8, 4) is 5.75 Å². The molecule has 0 fully saturated rings. The fourth-order valence-corrected chi connectivity index (χ4v) is 3.74. The van der Waals surface area contributed by atoms with Gasteiger partial charge in [-0.1, -0.05) is 30.3 Å². The molecule has 7 nitrogen and oxygen atoms in total. The predicted octanol–water partition coefficient (Wildman–Crippen LogP) is 3.74. The molecule has 2 aromatic carbocycles. The number of halogens is 1. The van der Waals surface area contributed by atoms with Gasteiger partial charge in [0.2, 0.25) is 0 Å². The smallest absolute Gasteiger partial charge is 0.313 e. The van der Waals surface area contributed by atoms with Gasteiger partial charge in [-0.15, -0.1) is 0 Å². The molecule has 4 rings (SSSR count). The second-order valence-electron chi connectivity index (χ2n) is 6.97. The third-order valence-corrected chi connectivity index (χ3v) is 5.26. The molecule has 1 aromatic heterocycles. The lowest BCUT2D eigenvalue weighted by atomic mass is 10.1. The number of hydrogen-bond donors (Lipinski definition) is 0. The van der Waals surface area contributed by atoms with Crippen LogP contribution in [0.15, 0.2) is 48.8 Å². The molecular formula is C21H21FN4O3. The molecule has 1 aliphatic rings. The van der Waals surface area contributed by atoms with Crippen molar-refractivity contribution in [2.75, 3.05) is 18.6 Å². The van der Waals surface area contributed by atoms with Crippen LogP contribution in [-0.4, -0.2) is 28.1 Å². The highest BCUT2D eigenvalue weighted by Gasteiger charge is 2.26. The molecule has 0 N–H and O–H groups in total. The predicted molar refractivity (Wildman–Crippen MR) is 107 cm³/mol. The molecule has 0 saturated heterocycles. The molecule has 0 saturated carbocycles. The van der Waals surface area contributed by atoms with E-state index in [1.54, 1.807) is 0 Å². The highest BCUT2D eigenvalue weighted by Crippen LogP contribution is 2.35. The zero-order valence-electron chi connectivity index (χ0n) is 16.0. The second kappa shape index (κ2) is 7.90. The van der Waals surface area contributed by atoms with Crippen molar-refractivity contribution in [2.45, 2.75) is 25.9 Å². The molecule has 0 amide bonds. The number of hydrogen-bond acceptors (Lipinski definition) is 5. The fourth-order valence-electron chi connectivity index (χ4n) is 3.74. The van der Waals surface area contributed by atoms with Gasteiger partial charge in [0, 0.05) is 31.3 Å². The van der Waals surface area contributed by atoms with Gasteiger partial charge in [-0.25, -0.2) is 9.37 Å². The standard InChI is InChI=1S/C21H21FN4O3/c1-29-21-12-19(16(22)11-20(21)26(27)28)24-10-8-18-17(13-24)23-14-25(18)9-7-15-5-3-2-4-6-15/h2-6,11-12,14H,7-10,13H2,1H3. The molecule has 0 unspecified atom stereocenters. The minimum Gasteiger partial charge on any atom is -0.490 e. The van der Waals surface area contributed by atoms with Crippen LogP contribution in [0.3, 0.4) is 0 Å². The van der Waals surface area contributed by atoms with Crippen LogP contribution in [0, 0.1) is 15.9 Å². The summed E-state index contributed by atoms with van der Waals surface area (Å²) >= 11 is 0. The maximum Gasteiger partial charge on any atom is 0.313 e. The third-order valence-electron chi connectivity index (χ3n) is 5.26. The van der Waals surface area contributed by atoms with E-state index in [-0.39, 0.29) is 17.1 Å². The third kappa shape index (κ3) is 3.78. The second-order valence-corrected chi connectivity index (χ2v) is 6.97. The van der Waals surface area contributed by atoms with Crippen molar-refractivity contribution in [2.24, 2.45) is 0 Å². The molecule has 0 bridgehead atoms. The Morgan fingerprint density at radius 3 is 2.79 bits per heavy atom. The van der Waals surface area contributed by atoms with Crippen LogP contribution in [-0.2, 0) is 25.9 Å². The van der Waals surface area contributed by atoms with Gasteiger partial charge in [0.25, 0.3) is 0 Å². The first-order valence-electron chi connectivity index (χ1n) is 9.40. The minimum atomic E-state index is -0.644. The zero-order chi connectivity index (χ0) is 20.4. The molecule has 1 aliphatic heterocycles. The van der Waals surface area contributed by atoms with E-state index in [1.807, 2.05) is 29.4 Å². The Morgan fingerprint density at radius 2 is 2.07 bits per heavy atom. The monoisotopic (exact) mass is 396 g/mol. The van der Waals surface area contributed by atoms with Crippen LogP contribution < -0.4 is 9.64 Å². The van der Waals surface area contributed by atoms with Crippen LogP contribution in [0.4, 0.5) is 15.8 Å². The largest absolute Gasteiger partial charge is 0.490 e. The van der Waals surface area contributed by atoms with Gasteiger partial charge in [0.05, 0.1) is 42.4 Å². The van der Waals surface area contributed by atoms with Crippen LogP contribution >= 0.6 is 0 Å². The van der Waals surface area contributed by atoms with Gasteiger partial charge in [0.1, 0.15) is 0 Å². The fraction of sp³-hybridized carbons (Fsp3) is 0.286. The number of benzene rings is 2. The van der Waals surface area contributed by atoms with E-state index in [0.717, 1.165) is 36.8 Å². The van der Waals surface area contributed by atoms with E-state index in [4.69, 9.17) is 4.74 Å². The van der Waals surface area contributed by atoms with Gasteiger partial charge in [-0.3, -0.25) is 10.1 Å². The molecule has 150 valence electrons. The maximum absolute atomic E-state index is 14.6. The summed E-state index contributed by atoms with van der Waals surface area (Å²) in [5, 5.41) is 11.1. The van der Waals surface area contributed by atoms with Crippen molar-refractivity contribution in [1.82, 2.24) is 9.55 Å². The summed E-state index contributed by atoms with van der Waals surface area (Å²) in [5.74, 6) is -0.588. The Kier molecular flexibility index (Phi) is 5.16. The summed E-state index contributed by atoms with van der Waals surface area (Å²) < 4.78 is 21.8. The average Bonchev–Trinajstić information content (AvgIpc) is 3.15. The van der Waals surface area contributed by atoms with Crippen LogP contribution in [0.2, 0.25) is 0 Å². The van der Waals surface area contributed by atoms with Crippen molar-refractivity contribution in [1.29, 1.82) is 0 Å². The molecule has 3 aromatic rings. The Bertz CT molecular complexity index is 1040. The molecule has 0 radical (unpaired) electrons. The summed E-state index contributed by atoms with van der Waals surface area (Å²) in [4.78, 5) is 16.8. The quantitative estimate of drug-likeness (QED) is 0.469. The van der Waals surface area contributed by atoms with Gasteiger partial charge in [-0.2, -0.15) is 0 Å². The molecule has 29 heavy (non-hydrogen) atoms. The van der Waals surface area contributed by atoms with Crippen LogP contribution in [0.25, 0.3) is 0 Å². The lowest BCUT2D eigenvalue weighted by Crippen LogP contribution is -2.32. The Morgan fingerprint density at radius 1 is 1.28 bits per heavy atom.